The van der Waals surface area contributed by atoms with Crippen molar-refractivity contribution in [1.29, 1.82) is 0 Å². The van der Waals surface area contributed by atoms with E-state index in [0.29, 0.717) is 11.3 Å². The second-order valence-corrected chi connectivity index (χ2v) is 5.54. The van der Waals surface area contributed by atoms with Crippen molar-refractivity contribution in [2.75, 3.05) is 0 Å². The zero-order valence-electron chi connectivity index (χ0n) is 10.2. The van der Waals surface area contributed by atoms with Gasteiger partial charge in [-0.3, -0.25) is 4.79 Å². The highest BCUT2D eigenvalue weighted by Crippen LogP contribution is 2.24. The number of carbonyl (C=O) groups excluding carboxylic acids is 1. The molecule has 90 valence electrons. The van der Waals surface area contributed by atoms with Gasteiger partial charge in [-0.15, -0.1) is 11.3 Å². The van der Waals surface area contributed by atoms with Crippen molar-refractivity contribution in [2.45, 2.75) is 13.8 Å². The fourth-order valence-corrected chi connectivity index (χ4v) is 2.66. The van der Waals surface area contributed by atoms with Crippen LogP contribution in [0.15, 0.2) is 40.1 Å². The Hall–Kier alpha value is -1.87. The molecular weight excluding hydrogens is 244 g/mol. The predicted octanol–water partition coefficient (Wildman–Crippen LogP) is 4.34. The molecular formula is C15H12O2S. The van der Waals surface area contributed by atoms with Crippen LogP contribution < -0.4 is 0 Å². The SMILES string of the molecule is Cc1ccc2oc(C(=O)c3csc(C)c3)cc2c1. The van der Waals surface area contributed by atoms with E-state index in [1.54, 1.807) is 11.3 Å². The van der Waals surface area contributed by atoms with Crippen molar-refractivity contribution in [1.82, 2.24) is 0 Å². The smallest absolute Gasteiger partial charge is 0.229 e. The van der Waals surface area contributed by atoms with E-state index >= 15 is 0 Å². The summed E-state index contributed by atoms with van der Waals surface area (Å²) >= 11 is 1.57. The number of thiophene rings is 1. The van der Waals surface area contributed by atoms with Crippen LogP contribution in [0.4, 0.5) is 0 Å². The lowest BCUT2D eigenvalue weighted by molar-refractivity contribution is 0.101. The molecule has 1 aromatic carbocycles. The minimum Gasteiger partial charge on any atom is -0.453 e. The van der Waals surface area contributed by atoms with Gasteiger partial charge in [0.2, 0.25) is 5.78 Å². The second-order valence-electron chi connectivity index (χ2n) is 4.43. The van der Waals surface area contributed by atoms with Gasteiger partial charge in [0.25, 0.3) is 0 Å². The maximum atomic E-state index is 12.2. The predicted molar refractivity (Wildman–Crippen MR) is 73.4 cm³/mol. The second kappa shape index (κ2) is 4.10. The molecule has 0 unspecified atom stereocenters. The first kappa shape index (κ1) is 11.2. The molecule has 3 rings (SSSR count). The average molecular weight is 256 g/mol. The molecule has 2 nitrogen and oxygen atoms in total. The molecule has 0 radical (unpaired) electrons. The van der Waals surface area contributed by atoms with E-state index in [9.17, 15) is 4.79 Å². The number of aryl methyl sites for hydroxylation is 2. The molecule has 0 spiro atoms. The van der Waals surface area contributed by atoms with Gasteiger partial charge in [0.1, 0.15) is 5.58 Å². The molecule has 0 aliphatic carbocycles. The average Bonchev–Trinajstić information content (AvgIpc) is 2.93. The van der Waals surface area contributed by atoms with Gasteiger partial charge in [-0.2, -0.15) is 0 Å². The quantitative estimate of drug-likeness (QED) is 0.638. The fourth-order valence-electron chi connectivity index (χ4n) is 1.98. The van der Waals surface area contributed by atoms with Crippen molar-refractivity contribution >= 4 is 28.1 Å². The first-order valence-electron chi connectivity index (χ1n) is 5.73. The van der Waals surface area contributed by atoms with Crippen molar-refractivity contribution in [3.05, 3.63) is 57.5 Å². The van der Waals surface area contributed by atoms with Crippen LogP contribution >= 0.6 is 11.3 Å². The van der Waals surface area contributed by atoms with Gasteiger partial charge in [0.05, 0.1) is 0 Å². The van der Waals surface area contributed by atoms with Crippen LogP contribution in [0.3, 0.4) is 0 Å². The minimum atomic E-state index is -0.0480. The molecule has 0 saturated heterocycles. The molecule has 18 heavy (non-hydrogen) atoms. The number of fused-ring (bicyclic) bond motifs is 1. The number of carbonyl (C=O) groups is 1. The Kier molecular flexibility index (Phi) is 2.56. The summed E-state index contributed by atoms with van der Waals surface area (Å²) in [5.74, 6) is 0.363. The number of rotatable bonds is 2. The van der Waals surface area contributed by atoms with Gasteiger partial charge in [-0.1, -0.05) is 11.6 Å². The number of furan rings is 1. The van der Waals surface area contributed by atoms with Gasteiger partial charge in [-0.25, -0.2) is 0 Å². The number of benzene rings is 1. The van der Waals surface area contributed by atoms with E-state index in [2.05, 4.69) is 0 Å². The third-order valence-electron chi connectivity index (χ3n) is 2.89. The lowest BCUT2D eigenvalue weighted by Gasteiger charge is -1.91. The molecule has 0 fully saturated rings. The van der Waals surface area contributed by atoms with Gasteiger partial charge in [0, 0.05) is 21.2 Å². The zero-order valence-corrected chi connectivity index (χ0v) is 11.0. The summed E-state index contributed by atoms with van der Waals surface area (Å²) in [5.41, 5.74) is 2.62. The normalized spacial score (nSPS) is 11.0. The molecule has 0 atom stereocenters. The van der Waals surface area contributed by atoms with Crippen molar-refractivity contribution < 1.29 is 9.21 Å². The molecule has 0 aliphatic rings. The van der Waals surface area contributed by atoms with Gasteiger partial charge in [-0.05, 0) is 38.1 Å². The Morgan fingerprint density at radius 3 is 2.72 bits per heavy atom. The van der Waals surface area contributed by atoms with Crippen LogP contribution in [0.25, 0.3) is 11.0 Å². The zero-order chi connectivity index (χ0) is 12.7. The van der Waals surface area contributed by atoms with Gasteiger partial charge < -0.3 is 4.42 Å². The maximum Gasteiger partial charge on any atom is 0.229 e. The van der Waals surface area contributed by atoms with Crippen LogP contribution in [-0.2, 0) is 0 Å². The van der Waals surface area contributed by atoms with Crippen LogP contribution in [0.2, 0.25) is 0 Å². The topological polar surface area (TPSA) is 30.2 Å². The largest absolute Gasteiger partial charge is 0.453 e. The lowest BCUT2D eigenvalue weighted by Crippen LogP contribution is -1.96. The molecule has 0 amide bonds. The van der Waals surface area contributed by atoms with E-state index in [-0.39, 0.29) is 5.78 Å². The fraction of sp³-hybridized carbons (Fsp3) is 0.133. The Bertz CT molecular complexity index is 734. The third kappa shape index (κ3) is 1.87. The highest BCUT2D eigenvalue weighted by molar-refractivity contribution is 7.10. The molecule has 0 bridgehead atoms. The Balaban J connectivity index is 2.06. The molecule has 0 saturated carbocycles. The van der Waals surface area contributed by atoms with E-state index in [1.807, 2.05) is 49.6 Å². The number of hydrogen-bond donors (Lipinski definition) is 0. The highest BCUT2D eigenvalue weighted by Gasteiger charge is 2.15. The van der Waals surface area contributed by atoms with Gasteiger partial charge >= 0.3 is 0 Å². The first-order chi connectivity index (χ1) is 8.63. The molecule has 2 aromatic heterocycles. The summed E-state index contributed by atoms with van der Waals surface area (Å²) in [5, 5.41) is 2.85. The monoisotopic (exact) mass is 256 g/mol. The summed E-state index contributed by atoms with van der Waals surface area (Å²) < 4.78 is 5.60. The summed E-state index contributed by atoms with van der Waals surface area (Å²) in [4.78, 5) is 13.4. The van der Waals surface area contributed by atoms with Crippen molar-refractivity contribution in [3.63, 3.8) is 0 Å². The van der Waals surface area contributed by atoms with Crippen molar-refractivity contribution in [3.8, 4) is 0 Å². The Morgan fingerprint density at radius 1 is 1.17 bits per heavy atom. The molecule has 3 aromatic rings. The molecule has 2 heterocycles. The summed E-state index contributed by atoms with van der Waals surface area (Å²) in [6.07, 6.45) is 0. The highest BCUT2D eigenvalue weighted by atomic mass is 32.1. The van der Waals surface area contributed by atoms with E-state index in [0.717, 1.165) is 21.4 Å². The van der Waals surface area contributed by atoms with Crippen LogP contribution in [0.5, 0.6) is 0 Å². The summed E-state index contributed by atoms with van der Waals surface area (Å²) in [7, 11) is 0. The van der Waals surface area contributed by atoms with Crippen LogP contribution in [-0.4, -0.2) is 5.78 Å². The Morgan fingerprint density at radius 2 is 2.00 bits per heavy atom. The number of hydrogen-bond acceptors (Lipinski definition) is 3. The van der Waals surface area contributed by atoms with E-state index in [1.165, 1.54) is 0 Å². The van der Waals surface area contributed by atoms with E-state index < -0.39 is 0 Å². The molecule has 3 heteroatoms. The first-order valence-corrected chi connectivity index (χ1v) is 6.61. The standard InChI is InChI=1S/C15H12O2S/c1-9-3-4-13-11(5-9)7-14(17-13)15(16)12-6-10(2)18-8-12/h3-8H,1-2H3. The molecule has 0 N–H and O–H groups in total. The maximum absolute atomic E-state index is 12.2. The summed E-state index contributed by atoms with van der Waals surface area (Å²) in [6, 6.07) is 9.62. The van der Waals surface area contributed by atoms with Crippen LogP contribution in [0, 0.1) is 13.8 Å². The number of ketones is 1. The van der Waals surface area contributed by atoms with Gasteiger partial charge in [0.15, 0.2) is 5.76 Å². The van der Waals surface area contributed by atoms with E-state index in [4.69, 9.17) is 4.42 Å². The minimum absolute atomic E-state index is 0.0480. The molecule has 0 aliphatic heterocycles. The van der Waals surface area contributed by atoms with Crippen molar-refractivity contribution in [2.24, 2.45) is 0 Å². The lowest BCUT2D eigenvalue weighted by atomic mass is 10.1. The third-order valence-corrected chi connectivity index (χ3v) is 3.75. The van der Waals surface area contributed by atoms with Crippen LogP contribution in [0.1, 0.15) is 26.6 Å². The summed E-state index contributed by atoms with van der Waals surface area (Å²) in [6.45, 7) is 4.01. The Labute approximate surface area is 109 Å².